The lowest BCUT2D eigenvalue weighted by Gasteiger charge is -2.39. The van der Waals surface area contributed by atoms with Gasteiger partial charge in [-0.2, -0.15) is 0 Å². The minimum absolute atomic E-state index is 0.199. The fourth-order valence-electron chi connectivity index (χ4n) is 1.39. The van der Waals surface area contributed by atoms with Crippen molar-refractivity contribution in [3.8, 4) is 0 Å². The van der Waals surface area contributed by atoms with Crippen LogP contribution in [-0.2, 0) is 9.53 Å². The van der Waals surface area contributed by atoms with Gasteiger partial charge < -0.3 is 10.1 Å². The molecule has 1 rings (SSSR count). The molecule has 0 bridgehead atoms. The Morgan fingerprint density at radius 3 is 2.60 bits per heavy atom. The number of ether oxygens (including phenoxy) is 1. The molecule has 1 atom stereocenters. The Hall–Kier alpha value is -1.52. The molecule has 15 heavy (non-hydrogen) atoms. The number of carbonyl (C=O) groups excluding carboxylic acids is 2. The molecule has 2 amide bonds. The molecule has 0 fully saturated rings. The van der Waals surface area contributed by atoms with Crippen molar-refractivity contribution < 1.29 is 14.3 Å². The number of hydrogen-bond donors (Lipinski definition) is 1. The van der Waals surface area contributed by atoms with Gasteiger partial charge >= 0.3 is 6.09 Å². The smallest absolute Gasteiger partial charge is 0.415 e. The number of nitrogens with one attached hydrogen (secondary N) is 1. The molecular weight excluding hydrogens is 196 g/mol. The monoisotopic (exact) mass is 212 g/mol. The molecular formula is C10H16N2O3. The third-order valence-corrected chi connectivity index (χ3v) is 2.15. The maximum atomic E-state index is 11.4. The van der Waals surface area contributed by atoms with Gasteiger partial charge in [-0.3, -0.25) is 9.69 Å². The number of hydrogen-bond acceptors (Lipinski definition) is 3. The second kappa shape index (κ2) is 3.92. The molecule has 0 spiro atoms. The maximum Gasteiger partial charge on any atom is 0.415 e. The number of amides is 2. The summed E-state index contributed by atoms with van der Waals surface area (Å²) >= 11 is 0. The van der Waals surface area contributed by atoms with Crippen LogP contribution in [0.25, 0.3) is 0 Å². The van der Waals surface area contributed by atoms with E-state index < -0.39 is 6.09 Å². The second-order valence-electron chi connectivity index (χ2n) is 4.47. The summed E-state index contributed by atoms with van der Waals surface area (Å²) in [6.45, 7) is 5.81. The lowest BCUT2D eigenvalue weighted by Crippen LogP contribution is -2.57. The van der Waals surface area contributed by atoms with E-state index in [2.05, 4.69) is 10.1 Å². The third-order valence-electron chi connectivity index (χ3n) is 2.15. The molecule has 0 unspecified atom stereocenters. The van der Waals surface area contributed by atoms with Crippen LogP contribution < -0.4 is 5.32 Å². The van der Waals surface area contributed by atoms with Gasteiger partial charge in [-0.05, 0) is 0 Å². The molecule has 1 aliphatic rings. The molecule has 0 aromatic carbocycles. The highest BCUT2D eigenvalue weighted by Crippen LogP contribution is 2.24. The number of nitrogens with zero attached hydrogens (tertiary/aromatic N) is 1. The predicted molar refractivity (Wildman–Crippen MR) is 54.8 cm³/mol. The van der Waals surface area contributed by atoms with E-state index >= 15 is 0 Å². The van der Waals surface area contributed by atoms with Crippen LogP contribution in [0, 0.1) is 5.41 Å². The maximum absolute atomic E-state index is 11.4. The lowest BCUT2D eigenvalue weighted by molar-refractivity contribution is -0.120. The topological polar surface area (TPSA) is 58.6 Å². The summed E-state index contributed by atoms with van der Waals surface area (Å²) in [5.74, 6) is -0.199. The molecule has 0 radical (unpaired) electrons. The molecule has 5 heteroatoms. The average molecular weight is 212 g/mol. The quantitative estimate of drug-likeness (QED) is 0.653. The Morgan fingerprint density at radius 2 is 2.13 bits per heavy atom. The van der Waals surface area contributed by atoms with Crippen molar-refractivity contribution in [1.29, 1.82) is 0 Å². The van der Waals surface area contributed by atoms with Gasteiger partial charge in [-0.25, -0.2) is 4.79 Å². The van der Waals surface area contributed by atoms with E-state index in [1.165, 1.54) is 24.3 Å². The summed E-state index contributed by atoms with van der Waals surface area (Å²) in [5, 5.41) is 2.72. The van der Waals surface area contributed by atoms with E-state index in [1.54, 1.807) is 0 Å². The fraction of sp³-hybridized carbons (Fsp3) is 0.600. The fourth-order valence-corrected chi connectivity index (χ4v) is 1.39. The molecule has 0 saturated heterocycles. The first kappa shape index (κ1) is 11.6. The lowest BCUT2D eigenvalue weighted by atomic mass is 9.90. The Morgan fingerprint density at radius 1 is 1.53 bits per heavy atom. The van der Waals surface area contributed by atoms with Crippen molar-refractivity contribution in [2.24, 2.45) is 5.41 Å². The SMILES string of the molecule is COC(=O)N1C=CC(=O)N[C@@H]1C(C)(C)C. The van der Waals surface area contributed by atoms with Gasteiger partial charge in [-0.1, -0.05) is 20.8 Å². The van der Waals surface area contributed by atoms with Crippen LogP contribution in [0.5, 0.6) is 0 Å². The van der Waals surface area contributed by atoms with Gasteiger partial charge in [0.1, 0.15) is 6.17 Å². The summed E-state index contributed by atoms with van der Waals surface area (Å²) in [4.78, 5) is 24.0. The highest BCUT2D eigenvalue weighted by molar-refractivity contribution is 5.90. The van der Waals surface area contributed by atoms with Crippen molar-refractivity contribution in [2.45, 2.75) is 26.9 Å². The van der Waals surface area contributed by atoms with Gasteiger partial charge in [-0.15, -0.1) is 0 Å². The summed E-state index contributed by atoms with van der Waals surface area (Å²) in [6.07, 6.45) is 1.88. The van der Waals surface area contributed by atoms with Crippen molar-refractivity contribution in [1.82, 2.24) is 10.2 Å². The number of methoxy groups -OCH3 is 1. The predicted octanol–water partition coefficient (Wildman–Crippen LogP) is 1.07. The molecule has 0 saturated carbocycles. The van der Waals surface area contributed by atoms with Crippen molar-refractivity contribution in [2.75, 3.05) is 7.11 Å². The third kappa shape index (κ3) is 2.49. The highest BCUT2D eigenvalue weighted by Gasteiger charge is 2.35. The summed E-state index contributed by atoms with van der Waals surface area (Å²) in [5.41, 5.74) is -0.255. The van der Waals surface area contributed by atoms with Gasteiger partial charge in [0.25, 0.3) is 0 Å². The molecule has 0 aliphatic carbocycles. The molecule has 1 N–H and O–H groups in total. The van der Waals surface area contributed by atoms with Crippen LogP contribution in [-0.4, -0.2) is 30.2 Å². The highest BCUT2D eigenvalue weighted by atomic mass is 16.5. The first-order valence-electron chi connectivity index (χ1n) is 4.71. The molecule has 1 aliphatic heterocycles. The Balaban J connectivity index is 2.96. The van der Waals surface area contributed by atoms with Gasteiger partial charge in [0, 0.05) is 17.7 Å². The van der Waals surface area contributed by atoms with Crippen molar-refractivity contribution in [3.05, 3.63) is 12.3 Å². The van der Waals surface area contributed by atoms with Crippen LogP contribution >= 0.6 is 0 Å². The molecule has 84 valence electrons. The average Bonchev–Trinajstić information content (AvgIpc) is 2.15. The number of rotatable bonds is 0. The zero-order chi connectivity index (χ0) is 11.6. The minimum atomic E-state index is -0.480. The normalized spacial score (nSPS) is 21.2. The van der Waals surface area contributed by atoms with E-state index in [9.17, 15) is 9.59 Å². The largest absolute Gasteiger partial charge is 0.452 e. The zero-order valence-electron chi connectivity index (χ0n) is 9.40. The van der Waals surface area contributed by atoms with Gasteiger partial charge in [0.2, 0.25) is 5.91 Å². The van der Waals surface area contributed by atoms with Gasteiger partial charge in [0.15, 0.2) is 0 Å². The number of carbonyl (C=O) groups is 2. The molecule has 1 heterocycles. The van der Waals surface area contributed by atoms with E-state index in [4.69, 9.17) is 0 Å². The second-order valence-corrected chi connectivity index (χ2v) is 4.47. The molecule has 0 aromatic rings. The Kier molecular flexibility index (Phi) is 3.02. The van der Waals surface area contributed by atoms with E-state index in [0.717, 1.165) is 0 Å². The molecule has 5 nitrogen and oxygen atoms in total. The Labute approximate surface area is 89.1 Å². The van der Waals surface area contributed by atoms with E-state index in [0.29, 0.717) is 0 Å². The standard InChI is InChI=1S/C10H16N2O3/c1-10(2,3)8-11-7(13)5-6-12(8)9(14)15-4/h5-6,8H,1-4H3,(H,11,13)/t8-/m0/s1. The van der Waals surface area contributed by atoms with Crippen molar-refractivity contribution in [3.63, 3.8) is 0 Å². The van der Waals surface area contributed by atoms with E-state index in [1.807, 2.05) is 20.8 Å². The van der Waals surface area contributed by atoms with Gasteiger partial charge in [0.05, 0.1) is 7.11 Å². The first-order chi connectivity index (χ1) is 6.86. The first-order valence-corrected chi connectivity index (χ1v) is 4.71. The van der Waals surface area contributed by atoms with Crippen LogP contribution in [0.15, 0.2) is 12.3 Å². The van der Waals surface area contributed by atoms with E-state index in [-0.39, 0.29) is 17.5 Å². The van der Waals surface area contributed by atoms with Crippen LogP contribution in [0.1, 0.15) is 20.8 Å². The Bertz CT molecular complexity index is 304. The zero-order valence-corrected chi connectivity index (χ0v) is 9.40. The molecule has 0 aromatic heterocycles. The van der Waals surface area contributed by atoms with Crippen molar-refractivity contribution >= 4 is 12.0 Å². The van der Waals surface area contributed by atoms with Crippen LogP contribution in [0.3, 0.4) is 0 Å². The van der Waals surface area contributed by atoms with Crippen LogP contribution in [0.2, 0.25) is 0 Å². The van der Waals surface area contributed by atoms with Crippen LogP contribution in [0.4, 0.5) is 4.79 Å². The summed E-state index contributed by atoms with van der Waals surface area (Å²) < 4.78 is 4.63. The summed E-state index contributed by atoms with van der Waals surface area (Å²) in [6, 6.07) is 0. The minimum Gasteiger partial charge on any atom is -0.452 e. The summed E-state index contributed by atoms with van der Waals surface area (Å²) in [7, 11) is 1.31.